The van der Waals surface area contributed by atoms with Crippen LogP contribution >= 0.6 is 0 Å². The molecule has 2 rings (SSSR count). The molecule has 4 nitrogen and oxygen atoms in total. The Morgan fingerprint density at radius 3 is 2.50 bits per heavy atom. The van der Waals surface area contributed by atoms with Gasteiger partial charge in [-0.3, -0.25) is 4.79 Å². The fourth-order valence-corrected chi connectivity index (χ4v) is 3.08. The summed E-state index contributed by atoms with van der Waals surface area (Å²) in [7, 11) is 0. The van der Waals surface area contributed by atoms with Crippen LogP contribution in [0.5, 0.6) is 0 Å². The number of likely N-dealkylation sites (tertiary alicyclic amines) is 1. The minimum atomic E-state index is 0.166. The first-order valence-electron chi connectivity index (χ1n) is 7.40. The summed E-state index contributed by atoms with van der Waals surface area (Å²) in [5, 5.41) is 0. The summed E-state index contributed by atoms with van der Waals surface area (Å²) in [4.78, 5) is 14.0. The summed E-state index contributed by atoms with van der Waals surface area (Å²) in [5.74, 6) is 0.626. The summed E-state index contributed by atoms with van der Waals surface area (Å²) < 4.78 is 5.79. The SMILES string of the molecule is NCC1CCCC1OCC(=O)N1CCCCCC1. The van der Waals surface area contributed by atoms with Crippen LogP contribution in [0.1, 0.15) is 44.9 Å². The van der Waals surface area contributed by atoms with E-state index in [4.69, 9.17) is 10.5 Å². The van der Waals surface area contributed by atoms with Gasteiger partial charge in [-0.15, -0.1) is 0 Å². The zero-order valence-electron chi connectivity index (χ0n) is 11.3. The highest BCUT2D eigenvalue weighted by Crippen LogP contribution is 2.27. The maximum Gasteiger partial charge on any atom is 0.248 e. The fourth-order valence-electron chi connectivity index (χ4n) is 3.08. The van der Waals surface area contributed by atoms with Gasteiger partial charge in [0.1, 0.15) is 6.61 Å². The number of nitrogens with zero attached hydrogens (tertiary/aromatic N) is 1. The molecule has 2 aliphatic rings. The molecule has 1 saturated carbocycles. The van der Waals surface area contributed by atoms with Crippen LogP contribution in [0.15, 0.2) is 0 Å². The normalized spacial score (nSPS) is 29.3. The van der Waals surface area contributed by atoms with Gasteiger partial charge in [-0.05, 0) is 38.1 Å². The number of ether oxygens (including phenoxy) is 1. The van der Waals surface area contributed by atoms with Crippen LogP contribution in [-0.2, 0) is 9.53 Å². The van der Waals surface area contributed by atoms with E-state index in [2.05, 4.69) is 0 Å². The Kier molecular flexibility index (Phi) is 5.45. The van der Waals surface area contributed by atoms with Crippen molar-refractivity contribution >= 4 is 5.91 Å². The van der Waals surface area contributed by atoms with Gasteiger partial charge in [-0.2, -0.15) is 0 Å². The quantitative estimate of drug-likeness (QED) is 0.828. The van der Waals surface area contributed by atoms with Crippen LogP contribution in [-0.4, -0.2) is 43.2 Å². The van der Waals surface area contributed by atoms with Gasteiger partial charge in [0.15, 0.2) is 0 Å². The van der Waals surface area contributed by atoms with Crippen molar-refractivity contribution < 1.29 is 9.53 Å². The van der Waals surface area contributed by atoms with Gasteiger partial charge in [-0.25, -0.2) is 0 Å². The van der Waals surface area contributed by atoms with E-state index in [1.165, 1.54) is 19.3 Å². The molecule has 1 aliphatic heterocycles. The molecule has 104 valence electrons. The molecule has 0 aromatic rings. The Balaban J connectivity index is 1.73. The van der Waals surface area contributed by atoms with Gasteiger partial charge >= 0.3 is 0 Å². The van der Waals surface area contributed by atoms with Gasteiger partial charge in [-0.1, -0.05) is 19.3 Å². The number of hydrogen-bond donors (Lipinski definition) is 1. The summed E-state index contributed by atoms with van der Waals surface area (Å²) in [5.41, 5.74) is 5.72. The Labute approximate surface area is 110 Å². The largest absolute Gasteiger partial charge is 0.368 e. The van der Waals surface area contributed by atoms with Crippen LogP contribution < -0.4 is 5.73 Å². The van der Waals surface area contributed by atoms with Crippen LogP contribution in [0.3, 0.4) is 0 Å². The molecule has 2 atom stereocenters. The molecule has 0 radical (unpaired) electrons. The molecular formula is C14H26N2O2. The first-order chi connectivity index (χ1) is 8.81. The first kappa shape index (κ1) is 13.8. The lowest BCUT2D eigenvalue weighted by atomic mass is 10.1. The predicted octanol–water partition coefficient (Wildman–Crippen LogP) is 1.53. The molecule has 0 aromatic heterocycles. The van der Waals surface area contributed by atoms with E-state index in [-0.39, 0.29) is 18.6 Å². The van der Waals surface area contributed by atoms with E-state index in [0.29, 0.717) is 12.5 Å². The van der Waals surface area contributed by atoms with E-state index in [1.807, 2.05) is 4.90 Å². The van der Waals surface area contributed by atoms with Gasteiger partial charge in [0.05, 0.1) is 6.10 Å². The van der Waals surface area contributed by atoms with Crippen molar-refractivity contribution in [2.75, 3.05) is 26.2 Å². The third-order valence-corrected chi connectivity index (χ3v) is 4.27. The van der Waals surface area contributed by atoms with Crippen molar-refractivity contribution in [3.05, 3.63) is 0 Å². The Morgan fingerprint density at radius 1 is 1.11 bits per heavy atom. The molecule has 1 heterocycles. The Morgan fingerprint density at radius 2 is 1.83 bits per heavy atom. The first-order valence-corrected chi connectivity index (χ1v) is 7.40. The topological polar surface area (TPSA) is 55.6 Å². The number of carbonyl (C=O) groups excluding carboxylic acids is 1. The minimum absolute atomic E-state index is 0.166. The van der Waals surface area contributed by atoms with Crippen LogP contribution in [0, 0.1) is 5.92 Å². The molecule has 18 heavy (non-hydrogen) atoms. The highest BCUT2D eigenvalue weighted by Gasteiger charge is 2.28. The second-order valence-electron chi connectivity index (χ2n) is 5.57. The average Bonchev–Trinajstić information content (AvgIpc) is 2.67. The molecular weight excluding hydrogens is 228 g/mol. The van der Waals surface area contributed by atoms with Crippen molar-refractivity contribution in [1.82, 2.24) is 4.90 Å². The van der Waals surface area contributed by atoms with Crippen LogP contribution in [0.4, 0.5) is 0 Å². The lowest BCUT2D eigenvalue weighted by Gasteiger charge is -2.23. The number of hydrogen-bond acceptors (Lipinski definition) is 3. The highest BCUT2D eigenvalue weighted by molar-refractivity contribution is 5.77. The van der Waals surface area contributed by atoms with E-state index in [1.54, 1.807) is 0 Å². The standard InChI is InChI=1S/C14H26N2O2/c15-10-12-6-5-7-13(12)18-11-14(17)16-8-3-1-2-4-9-16/h12-13H,1-11,15H2. The zero-order valence-corrected chi connectivity index (χ0v) is 11.3. The van der Waals surface area contributed by atoms with Crippen molar-refractivity contribution in [1.29, 1.82) is 0 Å². The van der Waals surface area contributed by atoms with Crippen molar-refractivity contribution in [2.24, 2.45) is 11.7 Å². The van der Waals surface area contributed by atoms with E-state index < -0.39 is 0 Å². The maximum absolute atomic E-state index is 12.1. The summed E-state index contributed by atoms with van der Waals surface area (Å²) in [6, 6.07) is 0. The zero-order chi connectivity index (χ0) is 12.8. The molecule has 0 aromatic carbocycles. The molecule has 1 aliphatic carbocycles. The number of rotatable bonds is 4. The highest BCUT2D eigenvalue weighted by atomic mass is 16.5. The van der Waals surface area contributed by atoms with Gasteiger partial charge in [0, 0.05) is 13.1 Å². The summed E-state index contributed by atoms with van der Waals surface area (Å²) >= 11 is 0. The second-order valence-corrected chi connectivity index (χ2v) is 5.57. The Bertz CT molecular complexity index is 263. The van der Waals surface area contributed by atoms with Crippen molar-refractivity contribution in [3.63, 3.8) is 0 Å². The molecule has 0 bridgehead atoms. The Hall–Kier alpha value is -0.610. The molecule has 1 saturated heterocycles. The third kappa shape index (κ3) is 3.69. The summed E-state index contributed by atoms with van der Waals surface area (Å²) in [6.07, 6.45) is 8.40. The molecule has 1 amide bonds. The van der Waals surface area contributed by atoms with Crippen molar-refractivity contribution in [2.45, 2.75) is 51.0 Å². The van der Waals surface area contributed by atoms with E-state index >= 15 is 0 Å². The molecule has 4 heteroatoms. The molecule has 2 fully saturated rings. The lowest BCUT2D eigenvalue weighted by Crippen LogP contribution is -2.37. The average molecular weight is 254 g/mol. The van der Waals surface area contributed by atoms with Gasteiger partial charge in [0.2, 0.25) is 5.91 Å². The van der Waals surface area contributed by atoms with Crippen LogP contribution in [0.25, 0.3) is 0 Å². The number of carbonyl (C=O) groups is 1. The van der Waals surface area contributed by atoms with E-state index in [9.17, 15) is 4.79 Å². The third-order valence-electron chi connectivity index (χ3n) is 4.27. The fraction of sp³-hybridized carbons (Fsp3) is 0.929. The molecule has 0 spiro atoms. The lowest BCUT2D eigenvalue weighted by molar-refractivity contribution is -0.138. The summed E-state index contributed by atoms with van der Waals surface area (Å²) in [6.45, 7) is 2.75. The number of amides is 1. The monoisotopic (exact) mass is 254 g/mol. The molecule has 2 N–H and O–H groups in total. The van der Waals surface area contributed by atoms with Crippen LogP contribution in [0.2, 0.25) is 0 Å². The predicted molar refractivity (Wildman–Crippen MR) is 71.2 cm³/mol. The number of nitrogens with two attached hydrogens (primary N) is 1. The smallest absolute Gasteiger partial charge is 0.248 e. The maximum atomic E-state index is 12.1. The molecule has 2 unspecified atom stereocenters. The van der Waals surface area contributed by atoms with Gasteiger partial charge in [0.25, 0.3) is 0 Å². The van der Waals surface area contributed by atoms with Gasteiger partial charge < -0.3 is 15.4 Å². The van der Waals surface area contributed by atoms with Crippen molar-refractivity contribution in [3.8, 4) is 0 Å². The minimum Gasteiger partial charge on any atom is -0.368 e. The van der Waals surface area contributed by atoms with E-state index in [0.717, 1.165) is 38.8 Å². The second kappa shape index (κ2) is 7.10.